The van der Waals surface area contributed by atoms with Crippen molar-refractivity contribution in [1.82, 2.24) is 44.9 Å². The van der Waals surface area contributed by atoms with E-state index in [1.807, 2.05) is 68.7 Å². The van der Waals surface area contributed by atoms with Crippen LogP contribution in [0.2, 0.25) is 5.02 Å². The Morgan fingerprint density at radius 1 is 0.761 bits per heavy atom. The largest absolute Gasteiger partial charge is 0.465 e. The molecule has 5 atom stereocenters. The molecule has 67 heavy (non-hydrogen) atoms. The maximum Gasteiger partial charge on any atom is 0.407 e. The lowest BCUT2D eigenvalue weighted by molar-refractivity contribution is -0.136. The zero-order valence-corrected chi connectivity index (χ0v) is 38.8. The topological polar surface area (TPSA) is 189 Å². The third kappa shape index (κ3) is 8.45. The van der Waals surface area contributed by atoms with Crippen molar-refractivity contribution >= 4 is 46.5 Å². The predicted molar refractivity (Wildman–Crippen MR) is 248 cm³/mol. The van der Waals surface area contributed by atoms with Crippen molar-refractivity contribution in [2.45, 2.75) is 83.8 Å². The maximum absolute atomic E-state index is 14.3. The van der Waals surface area contributed by atoms with Crippen molar-refractivity contribution in [1.29, 1.82) is 0 Å². The summed E-state index contributed by atoms with van der Waals surface area (Å²) in [6, 6.07) is 15.9. The van der Waals surface area contributed by atoms with Gasteiger partial charge in [-0.25, -0.2) is 23.9 Å². The summed E-state index contributed by atoms with van der Waals surface area (Å²) in [7, 11) is 2.54. The number of nitrogens with zero attached hydrogens (tertiary/aromatic N) is 5. The first kappa shape index (κ1) is 45.3. The van der Waals surface area contributed by atoms with Crippen molar-refractivity contribution in [3.05, 3.63) is 101 Å². The van der Waals surface area contributed by atoms with E-state index in [-0.39, 0.29) is 41.6 Å². The van der Waals surface area contributed by atoms with Gasteiger partial charge >= 0.3 is 12.2 Å². The summed E-state index contributed by atoms with van der Waals surface area (Å²) in [5.41, 5.74) is 6.07. The molecule has 3 aromatic carbocycles. The minimum atomic E-state index is -0.754. The highest BCUT2D eigenvalue weighted by Gasteiger charge is 2.40. The van der Waals surface area contributed by atoms with Gasteiger partial charge in [0.15, 0.2) is 0 Å². The fourth-order valence-electron chi connectivity index (χ4n) is 9.63. The number of imidazole rings is 2. The number of fused-ring (bicyclic) bond motifs is 5. The first-order valence-electron chi connectivity index (χ1n) is 22.6. The molecular weight excluding hydrogens is 881 g/mol. The second kappa shape index (κ2) is 18.4. The smallest absolute Gasteiger partial charge is 0.407 e. The third-order valence-electron chi connectivity index (χ3n) is 13.1. The molecule has 0 aliphatic carbocycles. The fraction of sp³-hybridized carbons (Fsp3) is 0.388. The van der Waals surface area contributed by atoms with Gasteiger partial charge < -0.3 is 44.6 Å². The van der Waals surface area contributed by atoms with Gasteiger partial charge in [0.25, 0.3) is 0 Å². The van der Waals surface area contributed by atoms with Crippen LogP contribution >= 0.6 is 11.6 Å². The normalized spacial score (nSPS) is 18.7. The number of methoxy groups -OCH3 is 2. The number of hydrogen-bond acceptors (Lipinski definition) is 9. The van der Waals surface area contributed by atoms with Gasteiger partial charge in [-0.3, -0.25) is 14.2 Å². The SMILES string of the molecule is COC(=O)N[C@H](C(=O)N1CCC[C@H]1c1ncc(-c2ccc3c(c2)OC(c2ccc(F)cc2)n2c-3c(Cl)c3cc(-c4cnc([C@@H]5CCCN5C(=O)[C@@H](NC(=O)OC)C(C)C)[nH]4)ccc32)[nH]1)C(C)C. The summed E-state index contributed by atoms with van der Waals surface area (Å²) in [5, 5.41) is 6.66. The highest BCUT2D eigenvalue weighted by Crippen LogP contribution is 2.50. The number of H-pyrrole nitrogens is 2. The van der Waals surface area contributed by atoms with Crippen molar-refractivity contribution in [2.24, 2.45) is 11.8 Å². The summed E-state index contributed by atoms with van der Waals surface area (Å²) >= 11 is 7.43. The van der Waals surface area contributed by atoms with Crippen LogP contribution in [0.5, 0.6) is 5.75 Å². The standard InChI is InChI=1S/C49H53ClFN9O7/c1-25(2)40(56-48(63)65-5)45(61)58-19-7-9-36(58)43-52-23-33(54-43)28-14-18-35-32(21-28)39(50)42-31-17-13-29(22-38(31)67-47(60(35)42)27-11-15-30(51)16-12-27)34-24-53-44(55-34)37-10-8-20-59(37)46(62)41(26(3)4)57-49(64)66-6/h11-18,21-26,36-37,40-41,47H,7-10,19-20H2,1-6H3,(H,52,54)(H,53,55)(H,56,63)(H,57,64)/t36-,37-,40-,41-,47?/m0/s1. The molecule has 0 radical (unpaired) electrons. The Balaban J connectivity index is 1.03. The molecule has 4 N–H and O–H groups in total. The first-order valence-corrected chi connectivity index (χ1v) is 22.9. The fourth-order valence-corrected chi connectivity index (χ4v) is 9.97. The number of ether oxygens (including phenoxy) is 3. The number of aromatic amines is 2. The lowest BCUT2D eigenvalue weighted by atomic mass is 10.0. The number of nitrogens with one attached hydrogen (secondary N) is 4. The van der Waals surface area contributed by atoms with Crippen molar-refractivity contribution in [3.8, 4) is 39.5 Å². The molecule has 2 saturated heterocycles. The quantitative estimate of drug-likeness (QED) is 0.0984. The molecule has 6 heterocycles. The second-order valence-corrected chi connectivity index (χ2v) is 18.3. The minimum Gasteiger partial charge on any atom is -0.465 e. The molecule has 18 heteroatoms. The molecule has 0 saturated carbocycles. The third-order valence-corrected chi connectivity index (χ3v) is 13.5. The van der Waals surface area contributed by atoms with E-state index < -0.39 is 30.5 Å². The second-order valence-electron chi connectivity index (χ2n) is 18.0. The van der Waals surface area contributed by atoms with E-state index in [0.29, 0.717) is 53.9 Å². The van der Waals surface area contributed by atoms with Crippen molar-refractivity contribution < 1.29 is 37.8 Å². The number of halogens is 2. The number of carbonyl (C=O) groups excluding carboxylic acids is 4. The van der Waals surface area contributed by atoms with E-state index in [1.165, 1.54) is 26.4 Å². The van der Waals surface area contributed by atoms with Gasteiger partial charge in [0.1, 0.15) is 35.3 Å². The number of hydrogen-bond donors (Lipinski definition) is 4. The zero-order valence-electron chi connectivity index (χ0n) is 38.1. The number of carbonyl (C=O) groups is 4. The molecule has 4 amide bonds. The average Bonchev–Trinajstić information content (AvgIpc) is 4.19. The molecule has 9 rings (SSSR count). The molecular formula is C49H53ClFN9O7. The molecule has 2 fully saturated rings. The minimum absolute atomic E-state index is 0.159. The molecule has 0 bridgehead atoms. The summed E-state index contributed by atoms with van der Waals surface area (Å²) in [5.74, 6) is 0.754. The van der Waals surface area contributed by atoms with Crippen LogP contribution in [0.25, 0.3) is 44.7 Å². The van der Waals surface area contributed by atoms with Crippen LogP contribution in [-0.4, -0.2) is 97.7 Å². The van der Waals surface area contributed by atoms with E-state index in [2.05, 4.69) is 20.6 Å². The van der Waals surface area contributed by atoms with Gasteiger partial charge in [0.2, 0.25) is 18.0 Å². The maximum atomic E-state index is 14.3. The van der Waals surface area contributed by atoms with Crippen LogP contribution < -0.4 is 15.4 Å². The van der Waals surface area contributed by atoms with Gasteiger partial charge in [-0.15, -0.1) is 0 Å². The zero-order chi connectivity index (χ0) is 47.3. The van der Waals surface area contributed by atoms with E-state index in [9.17, 15) is 23.6 Å². The number of rotatable bonds is 11. The number of benzene rings is 3. The average molecular weight is 934 g/mol. The number of aromatic nitrogens is 5. The molecule has 16 nitrogen and oxygen atoms in total. The highest BCUT2D eigenvalue weighted by molar-refractivity contribution is 6.38. The molecule has 3 aliphatic rings. The number of likely N-dealkylation sites (tertiary alicyclic amines) is 2. The van der Waals surface area contributed by atoms with Crippen LogP contribution in [-0.2, 0) is 19.1 Å². The molecule has 3 aliphatic heterocycles. The monoisotopic (exact) mass is 933 g/mol. The molecule has 3 aromatic heterocycles. The molecule has 6 aromatic rings. The Labute approximate surface area is 391 Å². The number of amides is 4. The Morgan fingerprint density at radius 3 is 1.81 bits per heavy atom. The van der Waals surface area contributed by atoms with E-state index in [4.69, 9.17) is 35.8 Å². The van der Waals surface area contributed by atoms with E-state index in [1.54, 1.807) is 34.3 Å². The summed E-state index contributed by atoms with van der Waals surface area (Å²) in [6.07, 6.45) is 4.45. The summed E-state index contributed by atoms with van der Waals surface area (Å²) < 4.78 is 32.8. The number of alkyl carbamates (subject to hydrolysis) is 2. The van der Waals surface area contributed by atoms with Crippen molar-refractivity contribution in [2.75, 3.05) is 27.3 Å². The predicted octanol–water partition coefficient (Wildman–Crippen LogP) is 8.91. The highest BCUT2D eigenvalue weighted by atomic mass is 35.5. The van der Waals surface area contributed by atoms with Gasteiger partial charge in [-0.05, 0) is 73.9 Å². The van der Waals surface area contributed by atoms with E-state index in [0.717, 1.165) is 57.5 Å². The van der Waals surface area contributed by atoms with Crippen LogP contribution in [0.3, 0.4) is 0 Å². The lowest BCUT2D eigenvalue weighted by Gasteiger charge is -2.31. The van der Waals surface area contributed by atoms with Gasteiger partial charge in [-0.1, -0.05) is 63.6 Å². The Morgan fingerprint density at radius 2 is 1.28 bits per heavy atom. The summed E-state index contributed by atoms with van der Waals surface area (Å²) in [4.78, 5) is 71.8. The van der Waals surface area contributed by atoms with Gasteiger partial charge in [0, 0.05) is 40.7 Å². The van der Waals surface area contributed by atoms with Gasteiger partial charge in [0.05, 0.1) is 66.3 Å². The molecule has 350 valence electrons. The Bertz CT molecular complexity index is 2860. The molecule has 0 spiro atoms. The van der Waals surface area contributed by atoms with Gasteiger partial charge in [-0.2, -0.15) is 0 Å². The summed E-state index contributed by atoms with van der Waals surface area (Å²) in [6.45, 7) is 8.58. The first-order chi connectivity index (χ1) is 32.3. The lowest BCUT2D eigenvalue weighted by Crippen LogP contribution is -2.51. The van der Waals surface area contributed by atoms with Crippen molar-refractivity contribution in [3.63, 3.8) is 0 Å². The Hall–Kier alpha value is -6.88. The molecule has 1 unspecified atom stereocenters. The van der Waals surface area contributed by atoms with E-state index >= 15 is 0 Å². The van der Waals surface area contributed by atoms with Crippen LogP contribution in [0, 0.1) is 17.7 Å². The van der Waals surface area contributed by atoms with Crippen LogP contribution in [0.1, 0.15) is 88.9 Å². The van der Waals surface area contributed by atoms with Crippen LogP contribution in [0.15, 0.2) is 73.1 Å². The van der Waals surface area contributed by atoms with Crippen LogP contribution in [0.4, 0.5) is 14.0 Å². The Kier molecular flexibility index (Phi) is 12.5.